The van der Waals surface area contributed by atoms with Gasteiger partial charge in [-0.05, 0) is 42.0 Å². The number of ether oxygens (including phenoxy) is 3. The van der Waals surface area contributed by atoms with Crippen molar-refractivity contribution in [2.45, 2.75) is 25.6 Å². The number of nitriles is 1. The molecule has 0 bridgehead atoms. The lowest BCUT2D eigenvalue weighted by Crippen LogP contribution is -2.26. The summed E-state index contributed by atoms with van der Waals surface area (Å²) in [7, 11) is 0. The van der Waals surface area contributed by atoms with E-state index >= 15 is 0 Å². The van der Waals surface area contributed by atoms with E-state index in [1.807, 2.05) is 36.4 Å². The van der Waals surface area contributed by atoms with Crippen molar-refractivity contribution < 1.29 is 19.0 Å². The molecule has 1 aliphatic heterocycles. The van der Waals surface area contributed by atoms with Gasteiger partial charge in [-0.3, -0.25) is 0 Å². The molecule has 9 nitrogen and oxygen atoms in total. The smallest absolute Gasteiger partial charge is 0.404 e. The van der Waals surface area contributed by atoms with Gasteiger partial charge in [0.05, 0.1) is 24.5 Å². The molecular weight excluding hydrogens is 422 g/mol. The number of primary amides is 1. The lowest BCUT2D eigenvalue weighted by Gasteiger charge is -2.23. The number of nitrogens with one attached hydrogen (secondary N) is 1. The monoisotopic (exact) mass is 445 g/mol. The van der Waals surface area contributed by atoms with Crippen LogP contribution < -0.4 is 15.8 Å². The minimum absolute atomic E-state index is 0.0558. The number of anilines is 2. The second-order valence-corrected chi connectivity index (χ2v) is 7.45. The summed E-state index contributed by atoms with van der Waals surface area (Å²) in [5, 5.41) is 12.8. The SMILES string of the molecule is N#Cc1cc(-c2ccnc(Nc3ccc(COC(N)=O)cc3)n2)ccc1OC1CCOCC1. The predicted octanol–water partition coefficient (Wildman–Crippen LogP) is 3.91. The van der Waals surface area contributed by atoms with Crippen LogP contribution in [0.3, 0.4) is 0 Å². The second-order valence-electron chi connectivity index (χ2n) is 7.45. The number of nitrogens with zero attached hydrogens (tertiary/aromatic N) is 3. The maximum absolute atomic E-state index is 10.7. The van der Waals surface area contributed by atoms with Crippen LogP contribution in [0, 0.1) is 11.3 Å². The lowest BCUT2D eigenvalue weighted by atomic mass is 10.1. The fourth-order valence-electron chi connectivity index (χ4n) is 3.40. The van der Waals surface area contributed by atoms with Gasteiger partial charge in [0.2, 0.25) is 5.95 Å². The molecule has 3 aromatic rings. The first-order chi connectivity index (χ1) is 16.1. The van der Waals surface area contributed by atoms with E-state index in [1.165, 1.54) is 0 Å². The van der Waals surface area contributed by atoms with Crippen LogP contribution in [0.25, 0.3) is 11.3 Å². The fraction of sp³-hybridized carbons (Fsp3) is 0.250. The van der Waals surface area contributed by atoms with Crippen molar-refractivity contribution in [3.05, 3.63) is 65.9 Å². The number of carbonyl (C=O) groups excluding carboxylic acids is 1. The van der Waals surface area contributed by atoms with Gasteiger partial charge in [-0.1, -0.05) is 12.1 Å². The van der Waals surface area contributed by atoms with E-state index in [2.05, 4.69) is 21.4 Å². The quantitative estimate of drug-likeness (QED) is 0.559. The first-order valence-corrected chi connectivity index (χ1v) is 10.5. The standard InChI is InChI=1S/C24H23N5O4/c25-14-18-13-17(3-6-22(18)33-20-8-11-31-12-9-20)21-7-10-27-24(29-21)28-19-4-1-16(2-5-19)15-32-23(26)30/h1-7,10,13,20H,8-9,11-12,15H2,(H2,26,30)(H,27,28,29). The van der Waals surface area contributed by atoms with Crippen molar-refractivity contribution in [1.29, 1.82) is 5.26 Å². The van der Waals surface area contributed by atoms with E-state index in [4.69, 9.17) is 19.9 Å². The molecular formula is C24H23N5O4. The maximum Gasteiger partial charge on any atom is 0.404 e. The summed E-state index contributed by atoms with van der Waals surface area (Å²) in [4.78, 5) is 19.6. The van der Waals surface area contributed by atoms with Crippen molar-refractivity contribution >= 4 is 17.7 Å². The zero-order valence-corrected chi connectivity index (χ0v) is 17.9. The van der Waals surface area contributed by atoms with Crippen LogP contribution in [0.15, 0.2) is 54.7 Å². The van der Waals surface area contributed by atoms with E-state index in [1.54, 1.807) is 18.3 Å². The third kappa shape index (κ3) is 5.96. The highest BCUT2D eigenvalue weighted by molar-refractivity contribution is 5.66. The topological polar surface area (TPSA) is 132 Å². The minimum atomic E-state index is -0.815. The Hall–Kier alpha value is -4.16. The average Bonchev–Trinajstić information content (AvgIpc) is 2.84. The van der Waals surface area contributed by atoms with Gasteiger partial charge in [0.15, 0.2) is 0 Å². The largest absolute Gasteiger partial charge is 0.489 e. The molecule has 0 saturated carbocycles. The van der Waals surface area contributed by atoms with Crippen LogP contribution in [0.2, 0.25) is 0 Å². The first-order valence-electron chi connectivity index (χ1n) is 10.5. The zero-order chi connectivity index (χ0) is 23.0. The summed E-state index contributed by atoms with van der Waals surface area (Å²) in [6.07, 6.45) is 2.52. The van der Waals surface area contributed by atoms with Crippen LogP contribution in [-0.4, -0.2) is 35.4 Å². The first kappa shape index (κ1) is 22.0. The molecule has 33 heavy (non-hydrogen) atoms. The highest BCUT2D eigenvalue weighted by Crippen LogP contribution is 2.28. The molecule has 0 radical (unpaired) electrons. The zero-order valence-electron chi connectivity index (χ0n) is 17.9. The summed E-state index contributed by atoms with van der Waals surface area (Å²) in [6.45, 7) is 1.45. The van der Waals surface area contributed by atoms with Gasteiger partial charge in [0.25, 0.3) is 0 Å². The number of benzene rings is 2. The molecule has 0 atom stereocenters. The van der Waals surface area contributed by atoms with E-state index in [0.29, 0.717) is 36.2 Å². The summed E-state index contributed by atoms with van der Waals surface area (Å²) in [5.74, 6) is 0.982. The van der Waals surface area contributed by atoms with Crippen molar-refractivity contribution in [3.8, 4) is 23.1 Å². The normalized spacial score (nSPS) is 13.7. The van der Waals surface area contributed by atoms with Gasteiger partial charge in [-0.15, -0.1) is 0 Å². The Labute approximate surface area is 191 Å². The molecule has 3 N–H and O–H groups in total. The van der Waals surface area contributed by atoms with Gasteiger partial charge >= 0.3 is 6.09 Å². The Morgan fingerprint density at radius 2 is 1.97 bits per heavy atom. The van der Waals surface area contributed by atoms with E-state index < -0.39 is 6.09 Å². The number of hydrogen-bond donors (Lipinski definition) is 2. The summed E-state index contributed by atoms with van der Waals surface area (Å²) in [6, 6.07) is 16.7. The average molecular weight is 445 g/mol. The summed E-state index contributed by atoms with van der Waals surface area (Å²) >= 11 is 0. The molecule has 4 rings (SSSR count). The van der Waals surface area contributed by atoms with E-state index in [-0.39, 0.29) is 12.7 Å². The summed E-state index contributed by atoms with van der Waals surface area (Å²) < 4.78 is 16.2. The molecule has 168 valence electrons. The highest BCUT2D eigenvalue weighted by atomic mass is 16.5. The molecule has 2 aromatic carbocycles. The fourth-order valence-corrected chi connectivity index (χ4v) is 3.40. The Kier molecular flexibility index (Phi) is 6.97. The molecule has 0 aliphatic carbocycles. The van der Waals surface area contributed by atoms with Crippen LogP contribution in [-0.2, 0) is 16.1 Å². The van der Waals surface area contributed by atoms with E-state index in [9.17, 15) is 10.1 Å². The Bertz CT molecular complexity index is 1150. The number of hydrogen-bond acceptors (Lipinski definition) is 8. The van der Waals surface area contributed by atoms with Gasteiger partial charge in [0, 0.05) is 30.3 Å². The van der Waals surface area contributed by atoms with Gasteiger partial charge < -0.3 is 25.3 Å². The molecule has 1 aliphatic rings. The summed E-state index contributed by atoms with van der Waals surface area (Å²) in [5.41, 5.74) is 8.48. The molecule has 0 unspecified atom stereocenters. The Morgan fingerprint density at radius 1 is 1.18 bits per heavy atom. The van der Waals surface area contributed by atoms with Crippen molar-refractivity contribution in [3.63, 3.8) is 0 Å². The minimum Gasteiger partial charge on any atom is -0.489 e. The number of carbonyl (C=O) groups is 1. The number of rotatable bonds is 7. The van der Waals surface area contributed by atoms with Crippen molar-refractivity contribution in [1.82, 2.24) is 9.97 Å². The van der Waals surface area contributed by atoms with Gasteiger partial charge in [-0.25, -0.2) is 14.8 Å². The number of nitrogens with two attached hydrogens (primary N) is 1. The predicted molar refractivity (Wildman–Crippen MR) is 121 cm³/mol. The molecule has 9 heteroatoms. The molecule has 1 aromatic heterocycles. The molecule has 1 fully saturated rings. The number of aromatic nitrogens is 2. The third-order valence-electron chi connectivity index (χ3n) is 5.10. The van der Waals surface area contributed by atoms with Gasteiger partial charge in [0.1, 0.15) is 24.5 Å². The Balaban J connectivity index is 1.47. The van der Waals surface area contributed by atoms with Crippen LogP contribution in [0.4, 0.5) is 16.4 Å². The molecule has 0 spiro atoms. The van der Waals surface area contributed by atoms with Crippen molar-refractivity contribution in [2.24, 2.45) is 5.73 Å². The third-order valence-corrected chi connectivity index (χ3v) is 5.10. The Morgan fingerprint density at radius 3 is 2.70 bits per heavy atom. The van der Waals surface area contributed by atoms with Gasteiger partial charge in [-0.2, -0.15) is 5.26 Å². The number of amides is 1. The second kappa shape index (κ2) is 10.4. The highest BCUT2D eigenvalue weighted by Gasteiger charge is 2.17. The molecule has 1 amide bonds. The maximum atomic E-state index is 10.7. The van der Waals surface area contributed by atoms with Crippen LogP contribution in [0.1, 0.15) is 24.0 Å². The van der Waals surface area contributed by atoms with Crippen LogP contribution in [0.5, 0.6) is 5.75 Å². The van der Waals surface area contributed by atoms with Crippen LogP contribution >= 0.6 is 0 Å². The van der Waals surface area contributed by atoms with E-state index in [0.717, 1.165) is 29.7 Å². The molecule has 1 saturated heterocycles. The molecule has 2 heterocycles. The van der Waals surface area contributed by atoms with Crippen molar-refractivity contribution in [2.75, 3.05) is 18.5 Å². The lowest BCUT2D eigenvalue weighted by molar-refractivity contribution is 0.0254.